The van der Waals surface area contributed by atoms with Crippen LogP contribution in [0.3, 0.4) is 0 Å². The van der Waals surface area contributed by atoms with Crippen molar-refractivity contribution in [3.05, 3.63) is 70.8 Å². The van der Waals surface area contributed by atoms with Gasteiger partial charge in [0, 0.05) is 5.56 Å². The molecule has 3 rings (SSSR count). The molecule has 0 aliphatic carbocycles. The van der Waals surface area contributed by atoms with Crippen LogP contribution in [0.25, 0.3) is 0 Å². The molecule has 1 aliphatic rings. The largest absolute Gasteiger partial charge is 0.467 e. The number of rotatable bonds is 5. The molecule has 34 heavy (non-hydrogen) atoms. The van der Waals surface area contributed by atoms with E-state index in [0.29, 0.717) is 17.7 Å². The van der Waals surface area contributed by atoms with E-state index in [-0.39, 0.29) is 25.5 Å². The molecule has 2 atom stereocenters. The molecule has 5 nitrogen and oxygen atoms in total. The number of alkyl halides is 6. The van der Waals surface area contributed by atoms with E-state index in [0.717, 1.165) is 0 Å². The van der Waals surface area contributed by atoms with Gasteiger partial charge in [-0.05, 0) is 43.5 Å². The molecule has 0 unspecified atom stereocenters. The first-order valence-corrected chi connectivity index (χ1v) is 10.1. The SMILES string of the molecule is COC(=O)[C@]1(C)CC[C@@](CNC(=O)c2cc(C(F)(F)F)cc(C(F)(F)F)c2)(c2ccccc2)O1. The average molecular weight is 489 g/mol. The molecule has 0 bridgehead atoms. The van der Waals surface area contributed by atoms with Gasteiger partial charge in [0.1, 0.15) is 5.60 Å². The number of carbonyl (C=O) groups excluding carboxylic acids is 2. The number of benzene rings is 2. The van der Waals surface area contributed by atoms with Crippen LogP contribution in [0.4, 0.5) is 26.3 Å². The zero-order chi connectivity index (χ0) is 25.4. The fourth-order valence-corrected chi connectivity index (χ4v) is 3.92. The van der Waals surface area contributed by atoms with Crippen LogP contribution in [-0.2, 0) is 32.2 Å². The van der Waals surface area contributed by atoms with Crippen molar-refractivity contribution >= 4 is 11.9 Å². The van der Waals surface area contributed by atoms with Crippen LogP contribution >= 0.6 is 0 Å². The first-order valence-electron chi connectivity index (χ1n) is 10.1. The van der Waals surface area contributed by atoms with Crippen LogP contribution in [0, 0.1) is 0 Å². The maximum atomic E-state index is 13.1. The highest BCUT2D eigenvalue weighted by Crippen LogP contribution is 2.45. The van der Waals surface area contributed by atoms with Gasteiger partial charge in [0.2, 0.25) is 0 Å². The summed E-state index contributed by atoms with van der Waals surface area (Å²) in [5.74, 6) is -1.80. The van der Waals surface area contributed by atoms with Crippen LogP contribution in [0.1, 0.15) is 46.8 Å². The van der Waals surface area contributed by atoms with Crippen LogP contribution < -0.4 is 5.32 Å². The van der Waals surface area contributed by atoms with Crippen molar-refractivity contribution in [2.45, 2.75) is 43.3 Å². The summed E-state index contributed by atoms with van der Waals surface area (Å²) in [6.07, 6.45) is -9.72. The Kier molecular flexibility index (Phi) is 6.71. The number of methoxy groups -OCH3 is 1. The minimum absolute atomic E-state index is 0.0515. The fraction of sp³-hybridized carbons (Fsp3) is 0.391. The third-order valence-corrected chi connectivity index (χ3v) is 5.73. The van der Waals surface area contributed by atoms with Crippen molar-refractivity contribution in [3.63, 3.8) is 0 Å². The van der Waals surface area contributed by atoms with Crippen LogP contribution in [0.15, 0.2) is 48.5 Å². The first kappa shape index (κ1) is 25.5. The van der Waals surface area contributed by atoms with Crippen molar-refractivity contribution in [2.24, 2.45) is 0 Å². The predicted octanol–water partition coefficient (Wildman–Crippen LogP) is 5.09. The maximum absolute atomic E-state index is 13.1. The lowest BCUT2D eigenvalue weighted by Crippen LogP contribution is -2.45. The summed E-state index contributed by atoms with van der Waals surface area (Å²) in [5.41, 5.74) is -6.04. The zero-order valence-corrected chi connectivity index (χ0v) is 18.1. The Bertz CT molecular complexity index is 1040. The van der Waals surface area contributed by atoms with Gasteiger partial charge in [-0.15, -0.1) is 0 Å². The predicted molar refractivity (Wildman–Crippen MR) is 108 cm³/mol. The Labute approximate surface area is 191 Å². The minimum Gasteiger partial charge on any atom is -0.467 e. The smallest absolute Gasteiger partial charge is 0.416 e. The maximum Gasteiger partial charge on any atom is 0.416 e. The number of ether oxygens (including phenoxy) is 2. The van der Waals surface area contributed by atoms with Gasteiger partial charge in [-0.25, -0.2) is 4.79 Å². The molecule has 2 aromatic carbocycles. The highest BCUT2D eigenvalue weighted by Gasteiger charge is 2.52. The Morgan fingerprint density at radius 2 is 1.53 bits per heavy atom. The van der Waals surface area contributed by atoms with Gasteiger partial charge < -0.3 is 14.8 Å². The van der Waals surface area contributed by atoms with Crippen molar-refractivity contribution < 1.29 is 45.4 Å². The number of carbonyl (C=O) groups is 2. The molecule has 2 aromatic rings. The lowest BCUT2D eigenvalue weighted by atomic mass is 9.89. The van der Waals surface area contributed by atoms with Gasteiger partial charge >= 0.3 is 18.3 Å². The molecule has 184 valence electrons. The summed E-state index contributed by atoms with van der Waals surface area (Å²) in [7, 11) is 1.19. The molecule has 1 saturated heterocycles. The van der Waals surface area contributed by atoms with Crippen molar-refractivity contribution in [2.75, 3.05) is 13.7 Å². The molecule has 11 heteroatoms. The van der Waals surface area contributed by atoms with Crippen molar-refractivity contribution in [1.29, 1.82) is 0 Å². The van der Waals surface area contributed by atoms with E-state index in [1.807, 2.05) is 0 Å². The fourth-order valence-electron chi connectivity index (χ4n) is 3.92. The molecule has 0 saturated carbocycles. The van der Waals surface area contributed by atoms with Gasteiger partial charge in [-0.2, -0.15) is 26.3 Å². The molecule has 0 radical (unpaired) electrons. The highest BCUT2D eigenvalue weighted by molar-refractivity contribution is 5.94. The monoisotopic (exact) mass is 489 g/mol. The number of halogens is 6. The zero-order valence-electron chi connectivity index (χ0n) is 18.1. The van der Waals surface area contributed by atoms with E-state index in [4.69, 9.17) is 9.47 Å². The van der Waals surface area contributed by atoms with Crippen LogP contribution in [0.2, 0.25) is 0 Å². The summed E-state index contributed by atoms with van der Waals surface area (Å²) in [6, 6.07) is 9.14. The van der Waals surface area contributed by atoms with E-state index in [1.165, 1.54) is 14.0 Å². The Morgan fingerprint density at radius 3 is 2.03 bits per heavy atom. The molecule has 1 N–H and O–H groups in total. The summed E-state index contributed by atoms with van der Waals surface area (Å²) >= 11 is 0. The van der Waals surface area contributed by atoms with Crippen LogP contribution in [-0.4, -0.2) is 31.1 Å². The number of hydrogen-bond donors (Lipinski definition) is 1. The van der Waals surface area contributed by atoms with Gasteiger partial charge in [0.25, 0.3) is 5.91 Å². The highest BCUT2D eigenvalue weighted by atomic mass is 19.4. The summed E-state index contributed by atoms with van der Waals surface area (Å²) in [5, 5.41) is 2.38. The third-order valence-electron chi connectivity index (χ3n) is 5.73. The van der Waals surface area contributed by atoms with E-state index >= 15 is 0 Å². The van der Waals surface area contributed by atoms with Crippen LogP contribution in [0.5, 0.6) is 0 Å². The Hall–Kier alpha value is -3.08. The summed E-state index contributed by atoms with van der Waals surface area (Å²) < 4.78 is 89.7. The van der Waals surface area contributed by atoms with E-state index in [9.17, 15) is 35.9 Å². The summed E-state index contributed by atoms with van der Waals surface area (Å²) in [4.78, 5) is 24.9. The second kappa shape index (κ2) is 8.94. The van der Waals surface area contributed by atoms with Gasteiger partial charge in [0.15, 0.2) is 5.60 Å². The van der Waals surface area contributed by atoms with Crippen molar-refractivity contribution in [3.8, 4) is 0 Å². The molecular weight excluding hydrogens is 468 g/mol. The summed E-state index contributed by atoms with van der Waals surface area (Å²) in [6.45, 7) is 1.20. The number of amides is 1. The first-order chi connectivity index (χ1) is 15.7. The molecular formula is C23H21F6NO4. The lowest BCUT2D eigenvalue weighted by Gasteiger charge is -2.33. The standard InChI is InChI=1S/C23H21F6NO4/c1-20(19(32)33-2)8-9-21(34-20,15-6-4-3-5-7-15)13-30-18(31)14-10-16(22(24,25)26)12-17(11-14)23(27,28)29/h3-7,10-12H,8-9,13H2,1-2H3,(H,30,31)/t20-,21+/m0/s1. The third kappa shape index (κ3) is 5.19. The minimum atomic E-state index is -5.08. The molecule has 0 spiro atoms. The van der Waals surface area contributed by atoms with Gasteiger partial charge in [-0.1, -0.05) is 30.3 Å². The Balaban J connectivity index is 1.93. The average Bonchev–Trinajstić information content (AvgIpc) is 3.15. The molecule has 1 fully saturated rings. The molecule has 1 amide bonds. The van der Waals surface area contributed by atoms with Gasteiger partial charge in [-0.3, -0.25) is 4.79 Å². The normalized spacial score (nSPS) is 22.9. The van der Waals surface area contributed by atoms with E-state index in [2.05, 4.69) is 5.32 Å². The molecule has 1 aliphatic heterocycles. The topological polar surface area (TPSA) is 64.6 Å². The van der Waals surface area contributed by atoms with E-state index in [1.54, 1.807) is 30.3 Å². The number of esters is 1. The quantitative estimate of drug-likeness (QED) is 0.470. The lowest BCUT2D eigenvalue weighted by molar-refractivity contribution is -0.174. The molecule has 1 heterocycles. The van der Waals surface area contributed by atoms with Gasteiger partial charge in [0.05, 0.1) is 24.8 Å². The second-order valence-corrected chi connectivity index (χ2v) is 8.16. The number of hydrogen-bond acceptors (Lipinski definition) is 4. The van der Waals surface area contributed by atoms with Crippen molar-refractivity contribution in [1.82, 2.24) is 5.32 Å². The second-order valence-electron chi connectivity index (χ2n) is 8.16. The van der Waals surface area contributed by atoms with E-state index < -0.39 is 52.1 Å². The Morgan fingerprint density at radius 1 is 0.971 bits per heavy atom. The number of nitrogens with one attached hydrogen (secondary N) is 1. The molecule has 0 aromatic heterocycles.